The van der Waals surface area contributed by atoms with Gasteiger partial charge in [0.05, 0.1) is 18.4 Å². The van der Waals surface area contributed by atoms with Crippen molar-refractivity contribution >= 4 is 11.6 Å². The summed E-state index contributed by atoms with van der Waals surface area (Å²) in [7, 11) is 2.12. The highest BCUT2D eigenvalue weighted by atomic mass is 35.5. The van der Waals surface area contributed by atoms with Gasteiger partial charge in [-0.1, -0.05) is 17.7 Å². The molecule has 3 rings (SSSR count). The van der Waals surface area contributed by atoms with Gasteiger partial charge < -0.3 is 19.4 Å². The number of nitrogens with zero attached hydrogens (tertiary/aromatic N) is 2. The lowest BCUT2D eigenvalue weighted by Crippen LogP contribution is -2.44. The van der Waals surface area contributed by atoms with Gasteiger partial charge in [-0.2, -0.15) is 0 Å². The minimum atomic E-state index is 0.234. The first-order chi connectivity index (χ1) is 10.7. The Kier molecular flexibility index (Phi) is 5.10. The SMILES string of the molecule is CN1CCOC(CNCc2coc(-c3cccc(Cl)c3)n2)C1. The van der Waals surface area contributed by atoms with Crippen molar-refractivity contribution in [1.29, 1.82) is 0 Å². The highest BCUT2D eigenvalue weighted by Gasteiger charge is 2.17. The molecule has 2 heterocycles. The van der Waals surface area contributed by atoms with E-state index in [-0.39, 0.29) is 6.10 Å². The summed E-state index contributed by atoms with van der Waals surface area (Å²) in [6.45, 7) is 4.23. The summed E-state index contributed by atoms with van der Waals surface area (Å²) in [5.41, 5.74) is 1.76. The molecule has 1 unspecified atom stereocenters. The zero-order valence-electron chi connectivity index (χ0n) is 12.6. The summed E-state index contributed by atoms with van der Waals surface area (Å²) >= 11 is 5.98. The lowest BCUT2D eigenvalue weighted by molar-refractivity contribution is -0.0182. The average molecular weight is 322 g/mol. The van der Waals surface area contributed by atoms with Crippen LogP contribution in [0, 0.1) is 0 Å². The summed E-state index contributed by atoms with van der Waals surface area (Å²) in [4.78, 5) is 6.76. The Morgan fingerprint density at radius 3 is 3.18 bits per heavy atom. The van der Waals surface area contributed by atoms with Gasteiger partial charge >= 0.3 is 0 Å². The predicted octanol–water partition coefficient (Wildman–Crippen LogP) is 2.42. The standard InChI is InChI=1S/C16H20ClN3O2/c1-20-5-6-21-15(10-20)9-18-8-14-11-22-16(19-14)12-3-2-4-13(17)7-12/h2-4,7,11,15,18H,5-6,8-10H2,1H3. The minimum Gasteiger partial charge on any atom is -0.444 e. The molecule has 1 atom stereocenters. The monoisotopic (exact) mass is 321 g/mol. The summed E-state index contributed by atoms with van der Waals surface area (Å²) in [6.07, 6.45) is 1.91. The fourth-order valence-electron chi connectivity index (χ4n) is 2.49. The first kappa shape index (κ1) is 15.5. The van der Waals surface area contributed by atoms with E-state index in [1.54, 1.807) is 6.26 Å². The van der Waals surface area contributed by atoms with Crippen LogP contribution in [0.1, 0.15) is 5.69 Å². The fraction of sp³-hybridized carbons (Fsp3) is 0.438. The number of likely N-dealkylation sites (N-methyl/N-ethyl adjacent to an activating group) is 1. The second kappa shape index (κ2) is 7.24. The van der Waals surface area contributed by atoms with Crippen LogP contribution in [0.25, 0.3) is 11.5 Å². The maximum Gasteiger partial charge on any atom is 0.226 e. The first-order valence-corrected chi connectivity index (χ1v) is 7.80. The smallest absolute Gasteiger partial charge is 0.226 e. The molecule has 1 saturated heterocycles. The molecule has 118 valence electrons. The number of nitrogens with one attached hydrogen (secondary N) is 1. The molecule has 1 fully saturated rings. The predicted molar refractivity (Wildman–Crippen MR) is 85.9 cm³/mol. The Balaban J connectivity index is 1.51. The van der Waals surface area contributed by atoms with Crippen LogP contribution in [-0.4, -0.2) is 49.3 Å². The largest absolute Gasteiger partial charge is 0.444 e. The van der Waals surface area contributed by atoms with E-state index in [4.69, 9.17) is 20.8 Å². The third-order valence-corrected chi connectivity index (χ3v) is 3.88. The fourth-order valence-corrected chi connectivity index (χ4v) is 2.68. The maximum absolute atomic E-state index is 5.98. The van der Waals surface area contributed by atoms with Crippen LogP contribution in [-0.2, 0) is 11.3 Å². The van der Waals surface area contributed by atoms with Gasteiger partial charge in [0.25, 0.3) is 0 Å². The lowest BCUT2D eigenvalue weighted by Gasteiger charge is -2.30. The van der Waals surface area contributed by atoms with Crippen LogP contribution < -0.4 is 5.32 Å². The van der Waals surface area contributed by atoms with E-state index in [9.17, 15) is 0 Å². The molecular formula is C16H20ClN3O2. The van der Waals surface area contributed by atoms with Crippen molar-refractivity contribution in [3.05, 3.63) is 41.2 Å². The lowest BCUT2D eigenvalue weighted by atomic mass is 10.2. The quantitative estimate of drug-likeness (QED) is 0.916. The van der Waals surface area contributed by atoms with Crippen LogP contribution in [0.15, 0.2) is 34.9 Å². The van der Waals surface area contributed by atoms with Gasteiger partial charge in [0.15, 0.2) is 0 Å². The highest BCUT2D eigenvalue weighted by molar-refractivity contribution is 6.30. The molecule has 1 aliphatic heterocycles. The van der Waals surface area contributed by atoms with Crippen molar-refractivity contribution < 1.29 is 9.15 Å². The van der Waals surface area contributed by atoms with Crippen molar-refractivity contribution in [3.8, 4) is 11.5 Å². The number of benzene rings is 1. The highest BCUT2D eigenvalue weighted by Crippen LogP contribution is 2.21. The zero-order chi connectivity index (χ0) is 15.4. The molecule has 0 amide bonds. The van der Waals surface area contributed by atoms with Gasteiger partial charge in [-0.25, -0.2) is 4.98 Å². The van der Waals surface area contributed by atoms with E-state index in [0.29, 0.717) is 17.5 Å². The van der Waals surface area contributed by atoms with E-state index in [1.807, 2.05) is 24.3 Å². The van der Waals surface area contributed by atoms with Crippen molar-refractivity contribution in [1.82, 2.24) is 15.2 Å². The molecule has 1 aromatic heterocycles. The van der Waals surface area contributed by atoms with Gasteiger partial charge in [-0.05, 0) is 25.2 Å². The molecular weight excluding hydrogens is 302 g/mol. The number of morpholine rings is 1. The molecule has 2 aromatic rings. The van der Waals surface area contributed by atoms with Gasteiger partial charge in [-0.15, -0.1) is 0 Å². The molecule has 1 N–H and O–H groups in total. The van der Waals surface area contributed by atoms with Gasteiger partial charge in [0.1, 0.15) is 6.26 Å². The minimum absolute atomic E-state index is 0.234. The Hall–Kier alpha value is -1.40. The molecule has 5 nitrogen and oxygen atoms in total. The second-order valence-corrected chi connectivity index (χ2v) is 5.98. The van der Waals surface area contributed by atoms with Crippen LogP contribution in [0.4, 0.5) is 0 Å². The molecule has 1 aliphatic rings. The topological polar surface area (TPSA) is 50.5 Å². The molecule has 22 heavy (non-hydrogen) atoms. The second-order valence-electron chi connectivity index (χ2n) is 5.54. The Morgan fingerprint density at radius 2 is 2.36 bits per heavy atom. The molecule has 1 aromatic carbocycles. The van der Waals surface area contributed by atoms with Crippen LogP contribution >= 0.6 is 11.6 Å². The maximum atomic E-state index is 5.98. The van der Waals surface area contributed by atoms with Crippen LogP contribution in [0.2, 0.25) is 5.02 Å². The van der Waals surface area contributed by atoms with Crippen LogP contribution in [0.3, 0.4) is 0 Å². The zero-order valence-corrected chi connectivity index (χ0v) is 13.3. The molecule has 0 saturated carbocycles. The van der Waals surface area contributed by atoms with Crippen molar-refractivity contribution in [2.75, 3.05) is 33.3 Å². The Morgan fingerprint density at radius 1 is 1.45 bits per heavy atom. The summed E-state index contributed by atoms with van der Waals surface area (Å²) in [6, 6.07) is 7.49. The van der Waals surface area contributed by atoms with Crippen molar-refractivity contribution in [2.45, 2.75) is 12.6 Å². The van der Waals surface area contributed by atoms with E-state index < -0.39 is 0 Å². The Labute approximate surface area is 135 Å². The van der Waals surface area contributed by atoms with Crippen molar-refractivity contribution in [3.63, 3.8) is 0 Å². The number of rotatable bonds is 5. The molecule has 0 radical (unpaired) electrons. The number of aromatic nitrogens is 1. The molecule has 0 aliphatic carbocycles. The first-order valence-electron chi connectivity index (χ1n) is 7.42. The third kappa shape index (κ3) is 4.08. The normalized spacial score (nSPS) is 19.5. The Bertz CT molecular complexity index is 617. The number of ether oxygens (including phenoxy) is 1. The summed E-state index contributed by atoms with van der Waals surface area (Å²) in [5, 5.41) is 4.04. The van der Waals surface area contributed by atoms with Gasteiger partial charge in [-0.3, -0.25) is 0 Å². The number of halogens is 1. The third-order valence-electron chi connectivity index (χ3n) is 3.64. The van der Waals surface area contributed by atoms with E-state index in [1.165, 1.54) is 0 Å². The summed E-state index contributed by atoms with van der Waals surface area (Å²) in [5.74, 6) is 0.591. The molecule has 6 heteroatoms. The summed E-state index contributed by atoms with van der Waals surface area (Å²) < 4.78 is 11.2. The van der Waals surface area contributed by atoms with E-state index >= 15 is 0 Å². The average Bonchev–Trinajstić information content (AvgIpc) is 2.96. The van der Waals surface area contributed by atoms with E-state index in [0.717, 1.165) is 37.5 Å². The number of hydrogen-bond donors (Lipinski definition) is 1. The van der Waals surface area contributed by atoms with Crippen molar-refractivity contribution in [2.24, 2.45) is 0 Å². The molecule has 0 spiro atoms. The van der Waals surface area contributed by atoms with Gasteiger partial charge in [0.2, 0.25) is 5.89 Å². The molecule has 0 bridgehead atoms. The van der Waals surface area contributed by atoms with E-state index in [2.05, 4.69) is 22.2 Å². The number of oxazole rings is 1. The number of hydrogen-bond acceptors (Lipinski definition) is 5. The van der Waals surface area contributed by atoms with Gasteiger partial charge in [0, 0.05) is 36.8 Å². The van der Waals surface area contributed by atoms with Crippen LogP contribution in [0.5, 0.6) is 0 Å².